The van der Waals surface area contributed by atoms with Crippen LogP contribution >= 0.6 is 0 Å². The fourth-order valence-corrected chi connectivity index (χ4v) is 1.72. The van der Waals surface area contributed by atoms with E-state index in [2.05, 4.69) is 9.97 Å². The van der Waals surface area contributed by atoms with Crippen LogP contribution in [0.2, 0.25) is 0 Å². The first-order valence-corrected chi connectivity index (χ1v) is 5.92. The number of hydrogen-bond donors (Lipinski definition) is 1. The molecule has 0 atom stereocenters. The van der Waals surface area contributed by atoms with Crippen molar-refractivity contribution in [3.63, 3.8) is 0 Å². The summed E-state index contributed by atoms with van der Waals surface area (Å²) < 4.78 is 5.60. The molecule has 0 aliphatic rings. The number of anilines is 1. The molecule has 4 heteroatoms. The van der Waals surface area contributed by atoms with Crippen LogP contribution in [0.3, 0.4) is 0 Å². The lowest BCUT2D eigenvalue weighted by Gasteiger charge is -2.11. The molecule has 0 fully saturated rings. The first-order valence-electron chi connectivity index (χ1n) is 5.92. The van der Waals surface area contributed by atoms with Crippen molar-refractivity contribution in [1.29, 1.82) is 0 Å². The summed E-state index contributed by atoms with van der Waals surface area (Å²) >= 11 is 0. The average molecular weight is 243 g/mol. The van der Waals surface area contributed by atoms with Gasteiger partial charge in [-0.2, -0.15) is 0 Å². The van der Waals surface area contributed by atoms with Gasteiger partial charge in [-0.15, -0.1) is 0 Å². The Morgan fingerprint density at radius 3 is 2.39 bits per heavy atom. The number of ether oxygens (including phenoxy) is 1. The fraction of sp³-hybridized carbons (Fsp3) is 0.286. The number of nitrogens with two attached hydrogens (primary N) is 1. The molecule has 94 valence electrons. The molecular weight excluding hydrogens is 226 g/mol. The highest BCUT2D eigenvalue weighted by Crippen LogP contribution is 2.25. The van der Waals surface area contributed by atoms with Crippen molar-refractivity contribution in [3.05, 3.63) is 36.2 Å². The fourth-order valence-electron chi connectivity index (χ4n) is 1.72. The number of aromatic nitrogens is 2. The molecule has 0 unspecified atom stereocenters. The molecule has 0 aliphatic heterocycles. The van der Waals surface area contributed by atoms with Gasteiger partial charge in [-0.05, 0) is 45.0 Å². The van der Waals surface area contributed by atoms with Gasteiger partial charge in [0.25, 0.3) is 0 Å². The molecule has 18 heavy (non-hydrogen) atoms. The van der Waals surface area contributed by atoms with Crippen LogP contribution in [0, 0.1) is 6.92 Å². The minimum Gasteiger partial charge on any atom is -0.491 e. The molecule has 0 spiro atoms. The summed E-state index contributed by atoms with van der Waals surface area (Å²) in [6, 6.07) is 7.83. The first-order chi connectivity index (χ1) is 8.58. The van der Waals surface area contributed by atoms with Crippen LogP contribution in [0.15, 0.2) is 30.6 Å². The molecule has 1 aromatic heterocycles. The topological polar surface area (TPSA) is 61.0 Å². The zero-order valence-electron chi connectivity index (χ0n) is 10.8. The Morgan fingerprint density at radius 2 is 1.78 bits per heavy atom. The highest BCUT2D eigenvalue weighted by molar-refractivity contribution is 5.67. The van der Waals surface area contributed by atoms with Crippen molar-refractivity contribution in [2.24, 2.45) is 0 Å². The largest absolute Gasteiger partial charge is 0.491 e. The molecule has 4 nitrogen and oxygen atoms in total. The lowest BCUT2D eigenvalue weighted by atomic mass is 10.1. The van der Waals surface area contributed by atoms with Gasteiger partial charge in [-0.25, -0.2) is 9.97 Å². The number of nitrogen functional groups attached to an aromatic ring is 1. The van der Waals surface area contributed by atoms with Crippen LogP contribution < -0.4 is 10.5 Å². The Hall–Kier alpha value is -2.10. The number of hydrogen-bond acceptors (Lipinski definition) is 4. The van der Waals surface area contributed by atoms with Crippen LogP contribution in [-0.4, -0.2) is 16.1 Å². The smallest absolute Gasteiger partial charge is 0.130 e. The normalized spacial score (nSPS) is 10.7. The van der Waals surface area contributed by atoms with E-state index in [0.29, 0.717) is 5.82 Å². The first kappa shape index (κ1) is 12.4. The number of benzene rings is 1. The van der Waals surface area contributed by atoms with Crippen molar-refractivity contribution >= 4 is 5.82 Å². The molecule has 0 amide bonds. The summed E-state index contributed by atoms with van der Waals surface area (Å²) in [5, 5.41) is 0. The van der Waals surface area contributed by atoms with Crippen LogP contribution in [0.5, 0.6) is 5.75 Å². The van der Waals surface area contributed by atoms with Gasteiger partial charge in [0.2, 0.25) is 0 Å². The van der Waals surface area contributed by atoms with E-state index in [1.54, 1.807) is 0 Å². The molecule has 1 heterocycles. The second-order valence-corrected chi connectivity index (χ2v) is 4.42. The van der Waals surface area contributed by atoms with E-state index in [0.717, 1.165) is 22.6 Å². The standard InChI is InChI=1S/C14H17N3O/c1-9(2)18-12-6-4-11(5-7-12)13-10(3)14(15)17-8-16-13/h4-9H,1-3H3,(H2,15,16,17). The van der Waals surface area contributed by atoms with Gasteiger partial charge < -0.3 is 10.5 Å². The minimum absolute atomic E-state index is 0.173. The maximum absolute atomic E-state index is 5.78. The number of rotatable bonds is 3. The van der Waals surface area contributed by atoms with Crippen LogP contribution in [0.4, 0.5) is 5.82 Å². The number of nitrogens with zero attached hydrogens (tertiary/aromatic N) is 2. The van der Waals surface area contributed by atoms with E-state index in [-0.39, 0.29) is 6.10 Å². The van der Waals surface area contributed by atoms with Crippen molar-refractivity contribution in [2.75, 3.05) is 5.73 Å². The second-order valence-electron chi connectivity index (χ2n) is 4.42. The molecule has 0 bridgehead atoms. The SMILES string of the molecule is Cc1c(N)ncnc1-c1ccc(OC(C)C)cc1. The highest BCUT2D eigenvalue weighted by atomic mass is 16.5. The monoisotopic (exact) mass is 243 g/mol. The van der Waals surface area contributed by atoms with Crippen molar-refractivity contribution in [1.82, 2.24) is 9.97 Å². The van der Waals surface area contributed by atoms with E-state index in [4.69, 9.17) is 10.5 Å². The van der Waals surface area contributed by atoms with Gasteiger partial charge in [0, 0.05) is 11.1 Å². The van der Waals surface area contributed by atoms with Crippen LogP contribution in [0.25, 0.3) is 11.3 Å². The summed E-state index contributed by atoms with van der Waals surface area (Å²) in [5.41, 5.74) is 8.55. The van der Waals surface area contributed by atoms with Gasteiger partial charge in [-0.3, -0.25) is 0 Å². The van der Waals surface area contributed by atoms with Gasteiger partial charge in [0.15, 0.2) is 0 Å². The third-order valence-corrected chi connectivity index (χ3v) is 2.62. The molecular formula is C14H17N3O. The zero-order chi connectivity index (χ0) is 13.1. The molecule has 0 aliphatic carbocycles. The van der Waals surface area contributed by atoms with Crippen molar-refractivity contribution < 1.29 is 4.74 Å². The van der Waals surface area contributed by atoms with Gasteiger partial charge in [0.05, 0.1) is 11.8 Å². The second kappa shape index (κ2) is 5.04. The maximum Gasteiger partial charge on any atom is 0.130 e. The van der Waals surface area contributed by atoms with E-state index in [1.165, 1.54) is 6.33 Å². The van der Waals surface area contributed by atoms with Gasteiger partial charge in [0.1, 0.15) is 17.9 Å². The summed E-state index contributed by atoms with van der Waals surface area (Å²) in [6.45, 7) is 5.93. The predicted molar refractivity (Wildman–Crippen MR) is 72.4 cm³/mol. The van der Waals surface area contributed by atoms with E-state index >= 15 is 0 Å². The maximum atomic E-state index is 5.78. The quantitative estimate of drug-likeness (QED) is 0.900. The van der Waals surface area contributed by atoms with Crippen molar-refractivity contribution in [3.8, 4) is 17.0 Å². The Bertz CT molecular complexity index is 535. The van der Waals surface area contributed by atoms with E-state index in [9.17, 15) is 0 Å². The third kappa shape index (κ3) is 2.59. The lowest BCUT2D eigenvalue weighted by molar-refractivity contribution is 0.242. The molecule has 0 radical (unpaired) electrons. The highest BCUT2D eigenvalue weighted by Gasteiger charge is 2.07. The lowest BCUT2D eigenvalue weighted by Crippen LogP contribution is -2.05. The Kier molecular flexibility index (Phi) is 3.46. The molecule has 1 aromatic carbocycles. The average Bonchev–Trinajstić information content (AvgIpc) is 2.33. The van der Waals surface area contributed by atoms with E-state index < -0.39 is 0 Å². The van der Waals surface area contributed by atoms with Crippen LogP contribution in [-0.2, 0) is 0 Å². The summed E-state index contributed by atoms with van der Waals surface area (Å²) in [7, 11) is 0. The van der Waals surface area contributed by atoms with Gasteiger partial charge in [-0.1, -0.05) is 0 Å². The van der Waals surface area contributed by atoms with Crippen LogP contribution in [0.1, 0.15) is 19.4 Å². The van der Waals surface area contributed by atoms with E-state index in [1.807, 2.05) is 45.0 Å². The molecule has 0 saturated carbocycles. The molecule has 2 N–H and O–H groups in total. The summed E-state index contributed by atoms with van der Waals surface area (Å²) in [5.74, 6) is 1.37. The summed E-state index contributed by atoms with van der Waals surface area (Å²) in [6.07, 6.45) is 1.66. The molecule has 2 aromatic rings. The Labute approximate surface area is 107 Å². The summed E-state index contributed by atoms with van der Waals surface area (Å²) in [4.78, 5) is 8.23. The zero-order valence-corrected chi connectivity index (χ0v) is 10.8. The molecule has 0 saturated heterocycles. The Morgan fingerprint density at radius 1 is 1.11 bits per heavy atom. The third-order valence-electron chi connectivity index (χ3n) is 2.62. The predicted octanol–water partition coefficient (Wildman–Crippen LogP) is 2.82. The Balaban J connectivity index is 2.32. The van der Waals surface area contributed by atoms with Gasteiger partial charge >= 0.3 is 0 Å². The van der Waals surface area contributed by atoms with Crippen molar-refractivity contribution in [2.45, 2.75) is 26.9 Å². The minimum atomic E-state index is 0.173. The molecule has 2 rings (SSSR count).